The highest BCUT2D eigenvalue weighted by atomic mass is 32.3. The van der Waals surface area contributed by atoms with Crippen molar-refractivity contribution >= 4 is 47.4 Å². The normalized spacial score (nSPS) is 40.2. The number of hydrogen-bond donors (Lipinski definition) is 13. The first-order valence-corrected chi connectivity index (χ1v) is 19.0. The van der Waals surface area contributed by atoms with Crippen LogP contribution in [0, 0.1) is 0 Å². The predicted octanol–water partition coefficient (Wildman–Crippen LogP) is -9.03. The Labute approximate surface area is 286 Å². The standard InChI is InChI=1S/C18H32N2O27S4/c21-1-3-11(12(47-51(38,39)40)6(16(28)42-3)20-49(32,33)34)44-18-10(25)9(24)13(14(46-18)15(26)27)45-17-5(19-48(29,30)31)8(23)7(22)4(43-17)2-41-50(35,36)37/h3-14,16-25,28H,1-2H2,(H,26,27)(H,29,30,31)(H,32,33,34)(H,35,36,37)(H,38,39,40)/t3-,4-,5-,6-,7-,8-,9-,10-,11-,12-,13+,14+,16?,17-,18-/m1/s1. The molecule has 0 aliphatic carbocycles. The van der Waals surface area contributed by atoms with Crippen molar-refractivity contribution in [3.8, 4) is 0 Å². The van der Waals surface area contributed by atoms with Crippen molar-refractivity contribution in [3.05, 3.63) is 0 Å². The molecule has 13 N–H and O–H groups in total. The van der Waals surface area contributed by atoms with Crippen molar-refractivity contribution in [2.75, 3.05) is 13.2 Å². The summed E-state index contributed by atoms with van der Waals surface area (Å²) in [4.78, 5) is 12.2. The molecule has 0 aromatic carbocycles. The number of hydrogen-bond acceptors (Lipinski definition) is 22. The summed E-state index contributed by atoms with van der Waals surface area (Å²) in [5.74, 6) is -2.10. The fourth-order valence-corrected chi connectivity index (χ4v) is 7.03. The number of ether oxygens (including phenoxy) is 5. The van der Waals surface area contributed by atoms with Crippen molar-refractivity contribution in [3.63, 3.8) is 0 Å². The molecule has 3 aliphatic heterocycles. The molecule has 0 aromatic rings. The molecule has 0 radical (unpaired) electrons. The number of carboxylic acid groups (broad SMARTS) is 1. The van der Waals surface area contributed by atoms with Gasteiger partial charge < -0.3 is 59.4 Å². The van der Waals surface area contributed by atoms with E-state index in [0.29, 0.717) is 0 Å². The zero-order valence-electron chi connectivity index (χ0n) is 24.7. The molecule has 15 atom stereocenters. The molecule has 0 saturated carbocycles. The van der Waals surface area contributed by atoms with Crippen LogP contribution in [0.25, 0.3) is 0 Å². The Balaban J connectivity index is 1.97. The summed E-state index contributed by atoms with van der Waals surface area (Å²) >= 11 is 0. The Morgan fingerprint density at radius 3 is 1.67 bits per heavy atom. The third-order valence-electron chi connectivity index (χ3n) is 7.10. The lowest BCUT2D eigenvalue weighted by atomic mass is 9.95. The van der Waals surface area contributed by atoms with Crippen LogP contribution >= 0.6 is 0 Å². The highest BCUT2D eigenvalue weighted by Crippen LogP contribution is 2.34. The average molecular weight is 837 g/mol. The van der Waals surface area contributed by atoms with Gasteiger partial charge in [-0.1, -0.05) is 0 Å². The summed E-state index contributed by atoms with van der Waals surface area (Å²) in [5.41, 5.74) is 0. The first-order valence-electron chi connectivity index (χ1n) is 13.4. The molecule has 3 aliphatic rings. The number of nitrogens with one attached hydrogen (secondary N) is 2. The Kier molecular flexibility index (Phi) is 14.2. The van der Waals surface area contributed by atoms with Gasteiger partial charge in [-0.2, -0.15) is 43.1 Å². The largest absolute Gasteiger partial charge is 0.479 e. The maximum Gasteiger partial charge on any atom is 0.397 e. The lowest BCUT2D eigenvalue weighted by Gasteiger charge is -2.48. The molecule has 33 heteroatoms. The minimum Gasteiger partial charge on any atom is -0.479 e. The third-order valence-corrected chi connectivity index (χ3v) is 9.14. The van der Waals surface area contributed by atoms with E-state index in [9.17, 15) is 87.9 Å². The van der Waals surface area contributed by atoms with Crippen molar-refractivity contribution in [1.29, 1.82) is 0 Å². The average Bonchev–Trinajstić information content (AvgIpc) is 2.96. The Morgan fingerprint density at radius 2 is 1.18 bits per heavy atom. The van der Waals surface area contributed by atoms with Gasteiger partial charge in [-0.05, 0) is 0 Å². The number of aliphatic hydroxyl groups is 6. The van der Waals surface area contributed by atoms with Gasteiger partial charge in [-0.3, -0.25) is 18.2 Å². The topological polar surface area (TPSA) is 465 Å². The van der Waals surface area contributed by atoms with E-state index in [-0.39, 0.29) is 0 Å². The minimum absolute atomic E-state index is 1.26. The van der Waals surface area contributed by atoms with E-state index >= 15 is 0 Å². The van der Waals surface area contributed by atoms with E-state index in [0.717, 1.165) is 0 Å². The van der Waals surface area contributed by atoms with Crippen molar-refractivity contribution in [2.24, 2.45) is 0 Å². The van der Waals surface area contributed by atoms with Gasteiger partial charge in [0.2, 0.25) is 0 Å². The monoisotopic (exact) mass is 836 g/mol. The summed E-state index contributed by atoms with van der Waals surface area (Å²) in [6.07, 6.45) is -31.4. The molecule has 3 heterocycles. The fourth-order valence-electron chi connectivity index (χ4n) is 5.03. The predicted molar refractivity (Wildman–Crippen MR) is 148 cm³/mol. The van der Waals surface area contributed by atoms with Crippen LogP contribution in [-0.4, -0.2) is 199 Å². The highest BCUT2D eigenvalue weighted by molar-refractivity contribution is 7.84. The Hall–Kier alpha value is -1.49. The lowest BCUT2D eigenvalue weighted by molar-refractivity contribution is -0.359. The van der Waals surface area contributed by atoms with Gasteiger partial charge in [0.15, 0.2) is 25.0 Å². The van der Waals surface area contributed by atoms with E-state index in [4.69, 9.17) is 28.2 Å². The molecule has 3 rings (SSSR count). The summed E-state index contributed by atoms with van der Waals surface area (Å²) in [6, 6.07) is -4.74. The summed E-state index contributed by atoms with van der Waals surface area (Å²) < 4.78 is 165. The molecular weight excluding hydrogens is 804 g/mol. The SMILES string of the molecule is O=C(O)[C@H]1O[C@@H](O[C@H]2[C@H](OS(=O)(=O)O)[C@@H](NS(=O)(=O)O)C(O)O[C@@H]2CO)[C@H](O)[C@@H](O)[C@@H]1O[C@H]1O[C@H](COS(=O)(=O)O)[C@@H](O)[C@H](O)[C@H]1NS(=O)(=O)O. The number of aliphatic hydroxyl groups excluding tert-OH is 6. The van der Waals surface area contributed by atoms with Gasteiger partial charge in [0, 0.05) is 0 Å². The Morgan fingerprint density at radius 1 is 0.627 bits per heavy atom. The minimum atomic E-state index is -5.64. The highest BCUT2D eigenvalue weighted by Gasteiger charge is 2.57. The smallest absolute Gasteiger partial charge is 0.397 e. The van der Waals surface area contributed by atoms with Crippen molar-refractivity contribution in [2.45, 2.75) is 92.0 Å². The molecule has 0 aromatic heterocycles. The van der Waals surface area contributed by atoms with Gasteiger partial charge in [-0.25, -0.2) is 13.2 Å². The van der Waals surface area contributed by atoms with Gasteiger partial charge in [-0.15, -0.1) is 0 Å². The van der Waals surface area contributed by atoms with Crippen LogP contribution in [0.1, 0.15) is 0 Å². The number of aliphatic carboxylic acids is 1. The first kappa shape index (κ1) is 43.9. The van der Waals surface area contributed by atoms with E-state index in [2.05, 4.69) is 8.37 Å². The molecule has 51 heavy (non-hydrogen) atoms. The second kappa shape index (κ2) is 16.5. The van der Waals surface area contributed by atoms with Gasteiger partial charge in [0.1, 0.15) is 67.0 Å². The van der Waals surface area contributed by atoms with Crippen LogP contribution in [-0.2, 0) is 78.3 Å². The summed E-state index contributed by atoms with van der Waals surface area (Å²) in [7, 11) is -21.6. The zero-order chi connectivity index (χ0) is 39.0. The second-order valence-corrected chi connectivity index (χ2v) is 15.2. The molecule has 3 saturated heterocycles. The lowest BCUT2D eigenvalue weighted by Crippen LogP contribution is -2.69. The molecule has 300 valence electrons. The van der Waals surface area contributed by atoms with Crippen molar-refractivity contribution < 1.29 is 124 Å². The van der Waals surface area contributed by atoms with Crippen LogP contribution in [0.4, 0.5) is 0 Å². The number of carboxylic acids is 1. The zero-order valence-corrected chi connectivity index (χ0v) is 27.9. The van der Waals surface area contributed by atoms with E-state index in [1.54, 1.807) is 0 Å². The molecule has 3 fully saturated rings. The molecule has 1 unspecified atom stereocenters. The van der Waals surface area contributed by atoms with Crippen LogP contribution in [0.3, 0.4) is 0 Å². The summed E-state index contributed by atoms with van der Waals surface area (Å²) in [6.45, 7) is -2.58. The quantitative estimate of drug-likeness (QED) is 0.0681. The van der Waals surface area contributed by atoms with Crippen molar-refractivity contribution in [1.82, 2.24) is 9.44 Å². The second-order valence-electron chi connectivity index (χ2n) is 10.7. The van der Waals surface area contributed by atoms with E-state index in [1.165, 1.54) is 9.44 Å². The molecule has 0 bridgehead atoms. The molecular formula is C18H32N2O27S4. The third kappa shape index (κ3) is 12.0. The number of carbonyl (C=O) groups is 1. The summed E-state index contributed by atoms with van der Waals surface area (Å²) in [5, 5.41) is 72.4. The molecule has 29 nitrogen and oxygen atoms in total. The van der Waals surface area contributed by atoms with Gasteiger partial charge in [0.05, 0.1) is 13.2 Å². The van der Waals surface area contributed by atoms with Crippen LogP contribution in [0.15, 0.2) is 0 Å². The molecule has 0 spiro atoms. The van der Waals surface area contributed by atoms with E-state index < -0.39 is 153 Å². The maximum absolute atomic E-state index is 12.2. The van der Waals surface area contributed by atoms with Crippen LogP contribution < -0.4 is 9.44 Å². The first-order chi connectivity index (χ1) is 23.1. The maximum atomic E-state index is 12.2. The number of rotatable bonds is 15. The van der Waals surface area contributed by atoms with Gasteiger partial charge >= 0.3 is 47.4 Å². The van der Waals surface area contributed by atoms with E-state index in [1.807, 2.05) is 0 Å². The van der Waals surface area contributed by atoms with Crippen LogP contribution in [0.2, 0.25) is 0 Å². The Bertz CT molecular complexity index is 1660. The van der Waals surface area contributed by atoms with Gasteiger partial charge in [0.25, 0.3) is 0 Å². The fraction of sp³-hybridized carbons (Fsp3) is 0.944. The van der Waals surface area contributed by atoms with Crippen LogP contribution in [0.5, 0.6) is 0 Å². The molecule has 0 amide bonds.